The highest BCUT2D eigenvalue weighted by molar-refractivity contribution is 5.78. The molecule has 0 saturated carbocycles. The van der Waals surface area contributed by atoms with Crippen molar-refractivity contribution in [2.75, 3.05) is 32.7 Å². The van der Waals surface area contributed by atoms with Gasteiger partial charge in [-0.1, -0.05) is 0 Å². The first-order valence-electron chi connectivity index (χ1n) is 5.44. The number of aliphatic hydroxyl groups is 2. The van der Waals surface area contributed by atoms with E-state index in [9.17, 15) is 15.0 Å². The molecule has 1 saturated heterocycles. The molecule has 1 aliphatic rings. The van der Waals surface area contributed by atoms with Gasteiger partial charge in [0.25, 0.3) is 0 Å². The van der Waals surface area contributed by atoms with E-state index in [0.29, 0.717) is 26.2 Å². The van der Waals surface area contributed by atoms with Crippen LogP contribution in [0.3, 0.4) is 0 Å². The minimum absolute atomic E-state index is 0.0568. The molecule has 15 heavy (non-hydrogen) atoms. The second-order valence-corrected chi connectivity index (χ2v) is 3.89. The van der Waals surface area contributed by atoms with Crippen LogP contribution in [-0.2, 0) is 4.79 Å². The lowest BCUT2D eigenvalue weighted by atomic mass is 10.3. The van der Waals surface area contributed by atoms with Crippen LogP contribution < -0.4 is 0 Å². The molecule has 88 valence electrons. The summed E-state index contributed by atoms with van der Waals surface area (Å²) in [6, 6.07) is 0. The first kappa shape index (κ1) is 12.4. The van der Waals surface area contributed by atoms with Crippen molar-refractivity contribution in [3.05, 3.63) is 0 Å². The van der Waals surface area contributed by atoms with Crippen LogP contribution in [0.25, 0.3) is 0 Å². The largest absolute Gasteiger partial charge is 0.389 e. The van der Waals surface area contributed by atoms with Gasteiger partial charge in [-0.2, -0.15) is 0 Å². The van der Waals surface area contributed by atoms with Crippen LogP contribution in [0.4, 0.5) is 0 Å². The average Bonchev–Trinajstić information content (AvgIpc) is 2.47. The van der Waals surface area contributed by atoms with E-state index in [0.717, 1.165) is 0 Å². The number of β-amino-alcohol motifs (C(OH)–C–C–N with tert-alkyl or cyclic N) is 2. The summed E-state index contributed by atoms with van der Waals surface area (Å²) in [6.07, 6.45) is -1.43. The maximum atomic E-state index is 11.7. The Bertz CT molecular complexity index is 209. The van der Waals surface area contributed by atoms with Gasteiger partial charge in [0, 0.05) is 26.2 Å². The van der Waals surface area contributed by atoms with Crippen molar-refractivity contribution < 1.29 is 15.0 Å². The number of likely N-dealkylation sites (tertiary alicyclic amines) is 1. The molecule has 1 rings (SSSR count). The molecule has 1 fully saturated rings. The first-order chi connectivity index (χ1) is 7.08. The Kier molecular flexibility index (Phi) is 4.50. The molecule has 0 bridgehead atoms. The van der Waals surface area contributed by atoms with Gasteiger partial charge in [-0.3, -0.25) is 9.69 Å². The highest BCUT2D eigenvalue weighted by atomic mass is 16.3. The summed E-state index contributed by atoms with van der Waals surface area (Å²) < 4.78 is 0. The molecule has 1 heterocycles. The fraction of sp³-hybridized carbons (Fsp3) is 0.900. The zero-order valence-corrected chi connectivity index (χ0v) is 9.39. The van der Waals surface area contributed by atoms with Gasteiger partial charge in [-0.25, -0.2) is 0 Å². The van der Waals surface area contributed by atoms with E-state index in [-0.39, 0.29) is 12.5 Å². The standard InChI is InChI=1S/C10H20N2O3/c1-3-12(4-2)10(15)7-11-5-8(13)9(14)6-11/h8-9,13-14H,3-7H2,1-2H3/t8-,9-/m1/s1. The predicted molar refractivity (Wildman–Crippen MR) is 56.4 cm³/mol. The number of nitrogens with zero attached hydrogens (tertiary/aromatic N) is 2. The van der Waals surface area contributed by atoms with E-state index in [1.54, 1.807) is 9.80 Å². The quantitative estimate of drug-likeness (QED) is 0.625. The van der Waals surface area contributed by atoms with Crippen molar-refractivity contribution in [1.82, 2.24) is 9.80 Å². The SMILES string of the molecule is CCN(CC)C(=O)CN1C[C@@H](O)[C@H](O)C1. The molecule has 1 amide bonds. The number of amides is 1. The Hall–Kier alpha value is -0.650. The maximum Gasteiger partial charge on any atom is 0.236 e. The number of likely N-dealkylation sites (N-methyl/N-ethyl adjacent to an activating group) is 1. The zero-order chi connectivity index (χ0) is 11.4. The summed E-state index contributed by atoms with van der Waals surface area (Å²) in [4.78, 5) is 15.2. The monoisotopic (exact) mass is 216 g/mol. The Balaban J connectivity index is 2.39. The van der Waals surface area contributed by atoms with Crippen LogP contribution in [-0.4, -0.2) is 70.9 Å². The molecule has 0 aromatic heterocycles. The van der Waals surface area contributed by atoms with Gasteiger partial charge in [0.1, 0.15) is 0 Å². The van der Waals surface area contributed by atoms with Gasteiger partial charge in [-0.05, 0) is 13.8 Å². The third-order valence-corrected chi connectivity index (χ3v) is 2.81. The van der Waals surface area contributed by atoms with E-state index in [2.05, 4.69) is 0 Å². The molecule has 5 heteroatoms. The molecule has 0 aromatic carbocycles. The summed E-state index contributed by atoms with van der Waals surface area (Å²) in [5.41, 5.74) is 0. The topological polar surface area (TPSA) is 64.0 Å². The van der Waals surface area contributed by atoms with Crippen molar-refractivity contribution in [3.8, 4) is 0 Å². The number of hydrogen-bond donors (Lipinski definition) is 2. The summed E-state index contributed by atoms with van der Waals surface area (Å²) in [6.45, 7) is 6.34. The van der Waals surface area contributed by atoms with E-state index < -0.39 is 12.2 Å². The summed E-state index contributed by atoms with van der Waals surface area (Å²) in [7, 11) is 0. The number of hydrogen-bond acceptors (Lipinski definition) is 4. The summed E-state index contributed by atoms with van der Waals surface area (Å²) in [5.74, 6) is 0.0568. The van der Waals surface area contributed by atoms with Crippen molar-refractivity contribution in [2.45, 2.75) is 26.1 Å². The molecular weight excluding hydrogens is 196 g/mol. The predicted octanol–water partition coefficient (Wildman–Crippen LogP) is -1.11. The van der Waals surface area contributed by atoms with E-state index in [1.807, 2.05) is 13.8 Å². The highest BCUT2D eigenvalue weighted by Crippen LogP contribution is 2.09. The van der Waals surface area contributed by atoms with Crippen molar-refractivity contribution in [1.29, 1.82) is 0 Å². The third kappa shape index (κ3) is 3.15. The van der Waals surface area contributed by atoms with Gasteiger partial charge in [0.15, 0.2) is 0 Å². The Morgan fingerprint density at radius 2 is 1.73 bits per heavy atom. The maximum absolute atomic E-state index is 11.7. The second kappa shape index (κ2) is 5.44. The van der Waals surface area contributed by atoms with Gasteiger partial charge in [0.2, 0.25) is 5.91 Å². The van der Waals surface area contributed by atoms with Crippen molar-refractivity contribution >= 4 is 5.91 Å². The molecule has 0 radical (unpaired) electrons. The molecule has 0 unspecified atom stereocenters. The Morgan fingerprint density at radius 3 is 2.13 bits per heavy atom. The van der Waals surface area contributed by atoms with Gasteiger partial charge in [0.05, 0.1) is 18.8 Å². The van der Waals surface area contributed by atoms with Crippen molar-refractivity contribution in [3.63, 3.8) is 0 Å². The third-order valence-electron chi connectivity index (χ3n) is 2.81. The minimum atomic E-state index is -0.713. The summed E-state index contributed by atoms with van der Waals surface area (Å²) >= 11 is 0. The molecule has 0 aliphatic carbocycles. The lowest BCUT2D eigenvalue weighted by molar-refractivity contribution is -0.131. The number of carbonyl (C=O) groups excluding carboxylic acids is 1. The Labute approximate surface area is 90.3 Å². The Morgan fingerprint density at radius 1 is 1.27 bits per heavy atom. The molecule has 0 aromatic rings. The first-order valence-corrected chi connectivity index (χ1v) is 5.44. The smallest absolute Gasteiger partial charge is 0.236 e. The molecule has 2 atom stereocenters. The fourth-order valence-corrected chi connectivity index (χ4v) is 1.84. The van der Waals surface area contributed by atoms with Crippen LogP contribution >= 0.6 is 0 Å². The number of carbonyl (C=O) groups is 1. The number of aliphatic hydroxyl groups excluding tert-OH is 2. The van der Waals surface area contributed by atoms with Gasteiger partial charge in [-0.15, -0.1) is 0 Å². The fourth-order valence-electron chi connectivity index (χ4n) is 1.84. The van der Waals surface area contributed by atoms with Crippen LogP contribution in [0.2, 0.25) is 0 Å². The number of rotatable bonds is 4. The lowest BCUT2D eigenvalue weighted by Crippen LogP contribution is -2.39. The molecule has 0 spiro atoms. The second-order valence-electron chi connectivity index (χ2n) is 3.89. The van der Waals surface area contributed by atoms with E-state index in [1.165, 1.54) is 0 Å². The summed E-state index contributed by atoms with van der Waals surface area (Å²) in [5, 5.41) is 18.6. The van der Waals surface area contributed by atoms with Crippen LogP contribution in [0, 0.1) is 0 Å². The minimum Gasteiger partial charge on any atom is -0.389 e. The van der Waals surface area contributed by atoms with E-state index >= 15 is 0 Å². The van der Waals surface area contributed by atoms with Crippen LogP contribution in [0.15, 0.2) is 0 Å². The molecule has 1 aliphatic heterocycles. The molecule has 2 N–H and O–H groups in total. The average molecular weight is 216 g/mol. The van der Waals surface area contributed by atoms with Gasteiger partial charge < -0.3 is 15.1 Å². The van der Waals surface area contributed by atoms with Crippen molar-refractivity contribution in [2.24, 2.45) is 0 Å². The van der Waals surface area contributed by atoms with E-state index in [4.69, 9.17) is 0 Å². The lowest BCUT2D eigenvalue weighted by Gasteiger charge is -2.22. The normalized spacial score (nSPS) is 26.9. The highest BCUT2D eigenvalue weighted by Gasteiger charge is 2.30. The van der Waals surface area contributed by atoms with Gasteiger partial charge >= 0.3 is 0 Å². The van der Waals surface area contributed by atoms with Crippen LogP contribution in [0.5, 0.6) is 0 Å². The molecular formula is C10H20N2O3. The molecule has 5 nitrogen and oxygen atoms in total. The zero-order valence-electron chi connectivity index (χ0n) is 9.39. The van der Waals surface area contributed by atoms with Crippen LogP contribution in [0.1, 0.15) is 13.8 Å².